The van der Waals surface area contributed by atoms with E-state index in [1.54, 1.807) is 12.1 Å². The minimum absolute atomic E-state index is 0.250. The van der Waals surface area contributed by atoms with Crippen LogP contribution in [-0.2, 0) is 14.4 Å². The van der Waals surface area contributed by atoms with Crippen LogP contribution in [0.2, 0.25) is 5.02 Å². The Bertz CT molecular complexity index is 565. The maximum atomic E-state index is 11.5. The molecule has 0 radical (unpaired) electrons. The summed E-state index contributed by atoms with van der Waals surface area (Å²) in [6, 6.07) is 3.24. The first-order chi connectivity index (χ1) is 9.79. The van der Waals surface area contributed by atoms with E-state index in [9.17, 15) is 14.4 Å². The van der Waals surface area contributed by atoms with Gasteiger partial charge in [0.2, 0.25) is 0 Å². The molecular formula is C12H11BrClNO6. The second-order valence-electron chi connectivity index (χ2n) is 3.92. The van der Waals surface area contributed by atoms with Gasteiger partial charge in [-0.25, -0.2) is 4.79 Å². The molecular weight excluding hydrogens is 369 g/mol. The normalized spacial score (nSPS) is 11.5. The van der Waals surface area contributed by atoms with E-state index in [4.69, 9.17) is 26.6 Å². The summed E-state index contributed by atoms with van der Waals surface area (Å²) in [5.74, 6) is -3.28. The molecule has 21 heavy (non-hydrogen) atoms. The van der Waals surface area contributed by atoms with Crippen molar-refractivity contribution in [2.45, 2.75) is 12.5 Å². The lowest BCUT2D eigenvalue weighted by molar-refractivity contribution is -0.147. The summed E-state index contributed by atoms with van der Waals surface area (Å²) < 4.78 is 5.87. The molecule has 1 atom stereocenters. The Labute approximate surface area is 133 Å². The van der Waals surface area contributed by atoms with Gasteiger partial charge in [-0.15, -0.1) is 0 Å². The molecule has 7 nitrogen and oxygen atoms in total. The fourth-order valence-corrected chi connectivity index (χ4v) is 2.07. The van der Waals surface area contributed by atoms with Gasteiger partial charge in [-0.2, -0.15) is 0 Å². The number of carboxylic acids is 2. The minimum Gasteiger partial charge on any atom is -0.482 e. The van der Waals surface area contributed by atoms with Gasteiger partial charge in [-0.1, -0.05) is 27.5 Å². The predicted octanol–water partition coefficient (Wildman–Crippen LogP) is 1.53. The highest BCUT2D eigenvalue weighted by Gasteiger charge is 2.23. The summed E-state index contributed by atoms with van der Waals surface area (Å²) in [6.45, 7) is -0.481. The van der Waals surface area contributed by atoms with Crippen LogP contribution in [0, 0.1) is 0 Å². The van der Waals surface area contributed by atoms with E-state index in [0.29, 0.717) is 0 Å². The molecule has 1 aromatic carbocycles. The highest BCUT2D eigenvalue weighted by molar-refractivity contribution is 9.10. The molecule has 0 aliphatic heterocycles. The Morgan fingerprint density at radius 1 is 1.33 bits per heavy atom. The molecule has 114 valence electrons. The van der Waals surface area contributed by atoms with Crippen molar-refractivity contribution < 1.29 is 29.3 Å². The van der Waals surface area contributed by atoms with Crippen LogP contribution in [0.1, 0.15) is 6.42 Å². The second-order valence-corrected chi connectivity index (χ2v) is 5.24. The van der Waals surface area contributed by atoms with Crippen molar-refractivity contribution >= 4 is 45.4 Å². The highest BCUT2D eigenvalue weighted by Crippen LogP contribution is 2.27. The molecule has 0 aromatic heterocycles. The Balaban J connectivity index is 2.56. The number of hydrogen-bond donors (Lipinski definition) is 3. The van der Waals surface area contributed by atoms with Crippen molar-refractivity contribution in [1.82, 2.24) is 5.32 Å². The summed E-state index contributed by atoms with van der Waals surface area (Å²) in [7, 11) is 0. The summed E-state index contributed by atoms with van der Waals surface area (Å²) in [4.78, 5) is 32.8. The molecule has 1 rings (SSSR count). The first-order valence-electron chi connectivity index (χ1n) is 5.61. The fourth-order valence-electron chi connectivity index (χ4n) is 1.35. The Morgan fingerprint density at radius 3 is 2.52 bits per heavy atom. The van der Waals surface area contributed by atoms with Crippen LogP contribution in [0.3, 0.4) is 0 Å². The van der Waals surface area contributed by atoms with E-state index >= 15 is 0 Å². The third-order valence-electron chi connectivity index (χ3n) is 2.26. The van der Waals surface area contributed by atoms with Crippen molar-refractivity contribution in [3.05, 3.63) is 27.7 Å². The number of ether oxygens (including phenoxy) is 1. The van der Waals surface area contributed by atoms with Gasteiger partial charge in [0.1, 0.15) is 11.8 Å². The first kappa shape index (κ1) is 17.3. The Hall–Kier alpha value is -1.80. The van der Waals surface area contributed by atoms with Crippen molar-refractivity contribution in [2.24, 2.45) is 0 Å². The maximum absolute atomic E-state index is 11.5. The Morgan fingerprint density at radius 2 is 2.00 bits per heavy atom. The number of amides is 1. The smallest absolute Gasteiger partial charge is 0.326 e. The molecule has 0 heterocycles. The number of rotatable bonds is 7. The predicted molar refractivity (Wildman–Crippen MR) is 76.5 cm³/mol. The van der Waals surface area contributed by atoms with Gasteiger partial charge >= 0.3 is 11.9 Å². The molecule has 0 bridgehead atoms. The van der Waals surface area contributed by atoms with Gasteiger partial charge in [0.05, 0.1) is 11.4 Å². The van der Waals surface area contributed by atoms with E-state index in [1.165, 1.54) is 6.07 Å². The zero-order valence-electron chi connectivity index (χ0n) is 10.5. The third kappa shape index (κ3) is 6.01. The zero-order valence-corrected chi connectivity index (χ0v) is 12.8. The summed E-state index contributed by atoms with van der Waals surface area (Å²) >= 11 is 9.09. The molecule has 0 saturated heterocycles. The van der Waals surface area contributed by atoms with Crippen molar-refractivity contribution in [2.75, 3.05) is 6.61 Å². The SMILES string of the molecule is O=C(O)C[C@H](NC(=O)COc1ccc(Br)cc1Cl)C(=O)O. The number of halogens is 2. The van der Waals surface area contributed by atoms with Crippen molar-refractivity contribution in [1.29, 1.82) is 0 Å². The van der Waals surface area contributed by atoms with Gasteiger partial charge < -0.3 is 20.3 Å². The highest BCUT2D eigenvalue weighted by atomic mass is 79.9. The molecule has 1 aromatic rings. The van der Waals surface area contributed by atoms with Gasteiger partial charge in [0, 0.05) is 4.47 Å². The number of nitrogens with one attached hydrogen (secondary N) is 1. The van der Waals surface area contributed by atoms with Crippen LogP contribution in [0.15, 0.2) is 22.7 Å². The Kier molecular flexibility index (Phi) is 6.44. The second kappa shape index (κ2) is 7.84. The number of benzene rings is 1. The topological polar surface area (TPSA) is 113 Å². The number of carbonyl (C=O) groups is 3. The lowest BCUT2D eigenvalue weighted by atomic mass is 10.2. The van der Waals surface area contributed by atoms with Crippen molar-refractivity contribution in [3.63, 3.8) is 0 Å². The van der Waals surface area contributed by atoms with Crippen LogP contribution in [0.4, 0.5) is 0 Å². The lowest BCUT2D eigenvalue weighted by Gasteiger charge is -2.13. The summed E-state index contributed by atoms with van der Waals surface area (Å²) in [6.07, 6.45) is -0.722. The van der Waals surface area contributed by atoms with E-state index < -0.39 is 36.9 Å². The van der Waals surface area contributed by atoms with E-state index in [-0.39, 0.29) is 10.8 Å². The lowest BCUT2D eigenvalue weighted by Crippen LogP contribution is -2.44. The number of hydrogen-bond acceptors (Lipinski definition) is 4. The molecule has 0 fully saturated rings. The van der Waals surface area contributed by atoms with Crippen molar-refractivity contribution in [3.8, 4) is 5.75 Å². The fraction of sp³-hybridized carbons (Fsp3) is 0.250. The molecule has 0 aliphatic rings. The molecule has 0 unspecified atom stereocenters. The quantitative estimate of drug-likeness (QED) is 0.661. The molecule has 3 N–H and O–H groups in total. The van der Waals surface area contributed by atoms with Crippen LogP contribution in [0.5, 0.6) is 5.75 Å². The van der Waals surface area contributed by atoms with Gasteiger partial charge in [0.15, 0.2) is 6.61 Å². The maximum Gasteiger partial charge on any atom is 0.326 e. The van der Waals surface area contributed by atoms with Crippen LogP contribution < -0.4 is 10.1 Å². The molecule has 1 amide bonds. The number of carboxylic acid groups (broad SMARTS) is 2. The van der Waals surface area contributed by atoms with E-state index in [0.717, 1.165) is 4.47 Å². The number of carbonyl (C=O) groups excluding carboxylic acids is 1. The van der Waals surface area contributed by atoms with Crippen LogP contribution in [0.25, 0.3) is 0 Å². The average molecular weight is 381 g/mol. The van der Waals surface area contributed by atoms with Gasteiger partial charge in [-0.05, 0) is 18.2 Å². The third-order valence-corrected chi connectivity index (χ3v) is 3.05. The average Bonchev–Trinajstić information content (AvgIpc) is 2.36. The zero-order chi connectivity index (χ0) is 16.0. The van der Waals surface area contributed by atoms with E-state index in [1.807, 2.05) is 0 Å². The van der Waals surface area contributed by atoms with E-state index in [2.05, 4.69) is 21.2 Å². The minimum atomic E-state index is -1.51. The monoisotopic (exact) mass is 379 g/mol. The van der Waals surface area contributed by atoms with Gasteiger partial charge in [-0.3, -0.25) is 9.59 Å². The molecule has 0 spiro atoms. The standard InChI is InChI=1S/C12H11BrClNO6/c13-6-1-2-9(7(14)3-6)21-5-10(16)15-8(12(19)20)4-11(17)18/h1-3,8H,4-5H2,(H,15,16)(H,17,18)(H,19,20)/t8-/m0/s1. The van der Waals surface area contributed by atoms with Gasteiger partial charge in [0.25, 0.3) is 5.91 Å². The molecule has 9 heteroatoms. The van der Waals surface area contributed by atoms with Crippen LogP contribution in [-0.4, -0.2) is 40.7 Å². The van der Waals surface area contributed by atoms with Crippen LogP contribution >= 0.6 is 27.5 Å². The molecule has 0 saturated carbocycles. The number of aliphatic carboxylic acids is 2. The first-order valence-corrected chi connectivity index (χ1v) is 6.78. The largest absolute Gasteiger partial charge is 0.482 e. The summed E-state index contributed by atoms with van der Waals surface area (Å²) in [5, 5.41) is 19.7. The summed E-state index contributed by atoms with van der Waals surface area (Å²) in [5.41, 5.74) is 0. The molecule has 0 aliphatic carbocycles.